The second kappa shape index (κ2) is 14.4. The summed E-state index contributed by atoms with van der Waals surface area (Å²) in [6.07, 6.45) is 0.0999. The molecule has 1 saturated heterocycles. The van der Waals surface area contributed by atoms with Crippen molar-refractivity contribution in [3.05, 3.63) is 48.1 Å². The number of benzene rings is 1. The average molecular weight is 679 g/mol. The van der Waals surface area contributed by atoms with Crippen LogP contribution in [0, 0.1) is 0 Å². The van der Waals surface area contributed by atoms with Gasteiger partial charge in [-0.05, 0) is 68.7 Å². The zero-order valence-corrected chi connectivity index (χ0v) is 26.8. The third-order valence-electron chi connectivity index (χ3n) is 6.94. The average Bonchev–Trinajstić information content (AvgIpc) is 3.68. The van der Waals surface area contributed by atoms with Gasteiger partial charge in [-0.2, -0.15) is 4.39 Å². The van der Waals surface area contributed by atoms with Crippen molar-refractivity contribution in [2.24, 2.45) is 0 Å². The van der Waals surface area contributed by atoms with Gasteiger partial charge in [0, 0.05) is 31.0 Å². The molecule has 4 heterocycles. The van der Waals surface area contributed by atoms with Gasteiger partial charge in [-0.1, -0.05) is 17.7 Å². The van der Waals surface area contributed by atoms with E-state index in [0.29, 0.717) is 48.8 Å². The number of carbonyl (C=O) groups excluding carboxylic acids is 1. The van der Waals surface area contributed by atoms with Crippen LogP contribution in [-0.4, -0.2) is 88.5 Å². The lowest BCUT2D eigenvalue weighted by Crippen LogP contribution is -2.42. The predicted molar refractivity (Wildman–Crippen MR) is 164 cm³/mol. The minimum atomic E-state index is -3.38. The summed E-state index contributed by atoms with van der Waals surface area (Å²) in [6.45, 7) is 8.41. The fraction of sp³-hybridized carbons (Fsp3) is 0.483. The van der Waals surface area contributed by atoms with Crippen molar-refractivity contribution in [3.8, 4) is 22.8 Å². The van der Waals surface area contributed by atoms with E-state index in [1.165, 1.54) is 17.2 Å². The maximum Gasteiger partial charge on any atom is 0.410 e. The van der Waals surface area contributed by atoms with E-state index in [1.54, 1.807) is 60.9 Å². The standard InChI is InChI=1S/C29H34ClF3N10O4/c1-17(14-42-16-36-39-40-42)45-23-11-18(5-6-21(23)30)19-12-34-27(35-13-19)37-22-15-43(38-26(22)46-25(33)24(31)32)20-7-9-41(10-8-20)28(44)47-29(2,3)4/h5-6,11-13,15-17,20,24-25H,7-10,14H2,1-4H3,(H,34,35,37). The van der Waals surface area contributed by atoms with E-state index in [2.05, 4.69) is 35.9 Å². The lowest BCUT2D eigenvalue weighted by molar-refractivity contribution is -0.0690. The van der Waals surface area contributed by atoms with E-state index in [4.69, 9.17) is 25.8 Å². The van der Waals surface area contributed by atoms with Crippen LogP contribution in [0.1, 0.15) is 46.6 Å². The van der Waals surface area contributed by atoms with Gasteiger partial charge in [-0.3, -0.25) is 4.68 Å². The van der Waals surface area contributed by atoms with Gasteiger partial charge in [0.05, 0.1) is 23.8 Å². The number of halogens is 4. The monoisotopic (exact) mass is 678 g/mol. The van der Waals surface area contributed by atoms with Crippen molar-refractivity contribution in [1.29, 1.82) is 0 Å². The molecule has 252 valence electrons. The Bertz CT molecular complexity index is 1630. The second-order valence-corrected chi connectivity index (χ2v) is 12.3. The van der Waals surface area contributed by atoms with Crippen molar-refractivity contribution in [2.45, 2.75) is 77.6 Å². The van der Waals surface area contributed by atoms with E-state index in [0.717, 1.165) is 5.56 Å². The number of piperidine rings is 1. The van der Waals surface area contributed by atoms with Gasteiger partial charge in [-0.25, -0.2) is 28.2 Å². The molecule has 2 atom stereocenters. The lowest BCUT2D eigenvalue weighted by atomic mass is 10.1. The van der Waals surface area contributed by atoms with Crippen LogP contribution in [0.25, 0.3) is 11.1 Å². The zero-order valence-electron chi connectivity index (χ0n) is 26.1. The third-order valence-corrected chi connectivity index (χ3v) is 7.25. The maximum atomic E-state index is 14.0. The molecular formula is C29H34ClF3N10O4. The van der Waals surface area contributed by atoms with E-state index in [1.807, 2.05) is 6.92 Å². The highest BCUT2D eigenvalue weighted by molar-refractivity contribution is 6.32. The summed E-state index contributed by atoms with van der Waals surface area (Å²) < 4.78 is 59.4. The molecule has 1 N–H and O–H groups in total. The molecule has 1 aliphatic rings. The molecule has 47 heavy (non-hydrogen) atoms. The number of rotatable bonds is 11. The van der Waals surface area contributed by atoms with Crippen molar-refractivity contribution >= 4 is 29.3 Å². The Morgan fingerprint density at radius 1 is 1.11 bits per heavy atom. The first-order valence-electron chi connectivity index (χ1n) is 14.8. The Balaban J connectivity index is 1.28. The van der Waals surface area contributed by atoms with Crippen LogP contribution in [0.3, 0.4) is 0 Å². The summed E-state index contributed by atoms with van der Waals surface area (Å²) in [4.78, 5) is 22.7. The van der Waals surface area contributed by atoms with Crippen LogP contribution in [0.2, 0.25) is 5.02 Å². The summed E-state index contributed by atoms with van der Waals surface area (Å²) in [5.74, 6) is 0.152. The number of nitrogens with zero attached hydrogens (tertiary/aromatic N) is 9. The highest BCUT2D eigenvalue weighted by Crippen LogP contribution is 2.34. The molecular weight excluding hydrogens is 645 g/mol. The van der Waals surface area contributed by atoms with Crippen LogP contribution in [0.4, 0.5) is 29.6 Å². The highest BCUT2D eigenvalue weighted by Gasteiger charge is 2.30. The van der Waals surface area contributed by atoms with E-state index in [9.17, 15) is 18.0 Å². The maximum absolute atomic E-state index is 14.0. The van der Waals surface area contributed by atoms with Crippen molar-refractivity contribution in [3.63, 3.8) is 0 Å². The molecule has 0 radical (unpaired) electrons. The SMILES string of the molecule is CC(Cn1cnnn1)Oc1cc(-c2cnc(Nc3cn(C4CCN(C(=O)OC(C)(C)C)CC4)nc3OC(F)C(F)F)nc2)ccc1Cl. The minimum absolute atomic E-state index is 0.0888. The zero-order chi connectivity index (χ0) is 33.7. The van der Waals surface area contributed by atoms with Crippen LogP contribution in [0.15, 0.2) is 43.1 Å². The highest BCUT2D eigenvalue weighted by atomic mass is 35.5. The molecule has 1 aromatic carbocycles. The van der Waals surface area contributed by atoms with Gasteiger partial charge in [0.2, 0.25) is 5.95 Å². The smallest absolute Gasteiger partial charge is 0.410 e. The molecule has 1 amide bonds. The van der Waals surface area contributed by atoms with Crippen LogP contribution in [0.5, 0.6) is 11.6 Å². The molecule has 4 aromatic rings. The summed E-state index contributed by atoms with van der Waals surface area (Å²) in [5.41, 5.74) is 0.821. The predicted octanol–water partition coefficient (Wildman–Crippen LogP) is 5.70. The Kier molecular flexibility index (Phi) is 10.3. The van der Waals surface area contributed by atoms with E-state index in [-0.39, 0.29) is 29.7 Å². The fourth-order valence-electron chi connectivity index (χ4n) is 4.75. The molecule has 1 fully saturated rings. The molecule has 0 aliphatic carbocycles. The van der Waals surface area contributed by atoms with Gasteiger partial charge in [0.25, 0.3) is 12.2 Å². The molecule has 3 aromatic heterocycles. The Hall–Kier alpha value is -4.67. The normalized spacial score (nSPS) is 15.4. The topological polar surface area (TPSA) is 147 Å². The lowest BCUT2D eigenvalue weighted by Gasteiger charge is -2.33. The van der Waals surface area contributed by atoms with Crippen molar-refractivity contribution in [1.82, 2.24) is 44.9 Å². The number of alkyl halides is 3. The fourth-order valence-corrected chi connectivity index (χ4v) is 4.91. The summed E-state index contributed by atoms with van der Waals surface area (Å²) in [5, 5.41) is 18.6. The Morgan fingerprint density at radius 2 is 1.83 bits per heavy atom. The second-order valence-electron chi connectivity index (χ2n) is 11.9. The molecule has 1 aliphatic heterocycles. The molecule has 0 spiro atoms. The van der Waals surface area contributed by atoms with Crippen molar-refractivity contribution < 1.29 is 32.2 Å². The number of amides is 1. The molecule has 5 rings (SSSR count). The Labute approximate surface area is 273 Å². The number of likely N-dealkylation sites (tertiary alicyclic amines) is 1. The quantitative estimate of drug-likeness (QED) is 0.208. The van der Waals surface area contributed by atoms with Gasteiger partial charge < -0.3 is 24.4 Å². The molecule has 2 unspecified atom stereocenters. The van der Waals surface area contributed by atoms with Crippen molar-refractivity contribution in [2.75, 3.05) is 18.4 Å². The van der Waals surface area contributed by atoms with Gasteiger partial charge in [-0.15, -0.1) is 10.2 Å². The molecule has 0 bridgehead atoms. The number of ether oxygens (including phenoxy) is 3. The number of carbonyl (C=O) groups is 1. The number of hydrogen-bond donors (Lipinski definition) is 1. The van der Waals surface area contributed by atoms with E-state index < -0.39 is 24.5 Å². The first-order valence-corrected chi connectivity index (χ1v) is 15.1. The number of aromatic nitrogens is 8. The number of tetrazole rings is 1. The first kappa shape index (κ1) is 33.7. The number of hydrogen-bond acceptors (Lipinski definition) is 11. The minimum Gasteiger partial charge on any atom is -0.487 e. The molecule has 0 saturated carbocycles. The first-order chi connectivity index (χ1) is 22.3. The van der Waals surface area contributed by atoms with Crippen LogP contribution >= 0.6 is 11.6 Å². The van der Waals surface area contributed by atoms with Gasteiger partial charge in [0.1, 0.15) is 29.5 Å². The summed E-state index contributed by atoms with van der Waals surface area (Å²) >= 11 is 6.37. The Morgan fingerprint density at radius 3 is 2.47 bits per heavy atom. The third kappa shape index (κ3) is 8.99. The van der Waals surface area contributed by atoms with Crippen LogP contribution < -0.4 is 14.8 Å². The summed E-state index contributed by atoms with van der Waals surface area (Å²) in [6, 6.07) is 5.01. The molecule has 18 heteroatoms. The molecule has 14 nitrogen and oxygen atoms in total. The van der Waals surface area contributed by atoms with Crippen LogP contribution in [-0.2, 0) is 11.3 Å². The van der Waals surface area contributed by atoms with Gasteiger partial charge >= 0.3 is 12.5 Å². The number of anilines is 2. The largest absolute Gasteiger partial charge is 0.487 e. The summed E-state index contributed by atoms with van der Waals surface area (Å²) in [7, 11) is 0. The van der Waals surface area contributed by atoms with Gasteiger partial charge in [0.15, 0.2) is 0 Å². The number of nitrogens with one attached hydrogen (secondary N) is 1. The van der Waals surface area contributed by atoms with E-state index >= 15 is 0 Å².